The van der Waals surface area contributed by atoms with Crippen LogP contribution in [0.5, 0.6) is 0 Å². The Morgan fingerprint density at radius 2 is 1.92 bits per heavy atom. The maximum Gasteiger partial charge on any atom is 0.439 e. The summed E-state index contributed by atoms with van der Waals surface area (Å²) < 4.78 is 41.8. The first kappa shape index (κ1) is 17.4. The van der Waals surface area contributed by atoms with Crippen LogP contribution in [0.15, 0.2) is 33.8 Å². The van der Waals surface area contributed by atoms with Gasteiger partial charge in [-0.3, -0.25) is 4.79 Å². The molecule has 1 aromatic carbocycles. The lowest BCUT2D eigenvalue weighted by molar-refractivity contribution is -0.312. The predicted molar refractivity (Wildman–Crippen MR) is 85.3 cm³/mol. The molecule has 0 spiro atoms. The van der Waals surface area contributed by atoms with E-state index >= 15 is 0 Å². The zero-order valence-electron chi connectivity index (χ0n) is 12.7. The highest BCUT2D eigenvalue weighted by atomic mass is 79.9. The Bertz CT molecular complexity index is 675. The Morgan fingerprint density at radius 1 is 1.25 bits per heavy atom. The molecule has 1 heterocycles. The SMILES string of the molecule is O=C(c1ccc(Br)cc1)N1N=C2CCCCC[C@H]2[C@]1(O)C(F)(F)F. The summed E-state index contributed by atoms with van der Waals surface area (Å²) in [6.45, 7) is 0. The van der Waals surface area contributed by atoms with Gasteiger partial charge in [0.2, 0.25) is 0 Å². The molecule has 1 aromatic rings. The van der Waals surface area contributed by atoms with Gasteiger partial charge in [-0.1, -0.05) is 28.8 Å². The van der Waals surface area contributed by atoms with E-state index in [1.54, 1.807) is 12.1 Å². The predicted octanol–water partition coefficient (Wildman–Crippen LogP) is 4.09. The van der Waals surface area contributed by atoms with Crippen LogP contribution in [-0.2, 0) is 0 Å². The molecule has 2 aliphatic rings. The van der Waals surface area contributed by atoms with Gasteiger partial charge in [-0.05, 0) is 43.5 Å². The number of carbonyl (C=O) groups excluding carboxylic acids is 1. The molecule has 0 radical (unpaired) electrons. The van der Waals surface area contributed by atoms with Gasteiger partial charge in [0, 0.05) is 15.7 Å². The Morgan fingerprint density at radius 3 is 2.54 bits per heavy atom. The van der Waals surface area contributed by atoms with Gasteiger partial charge in [0.15, 0.2) is 0 Å². The van der Waals surface area contributed by atoms with Crippen LogP contribution < -0.4 is 0 Å². The second kappa shape index (κ2) is 6.15. The van der Waals surface area contributed by atoms with Crippen molar-refractivity contribution in [2.45, 2.75) is 44.0 Å². The van der Waals surface area contributed by atoms with Gasteiger partial charge in [0.25, 0.3) is 11.6 Å². The quantitative estimate of drug-likeness (QED) is 0.765. The molecule has 24 heavy (non-hydrogen) atoms. The standard InChI is InChI=1S/C16H16BrF3N2O2/c17-11-8-6-10(7-9-11)14(23)22-15(24,16(18,19)20)12-4-2-1-3-5-13(12)21-22/h6-9,12,24H,1-5H2/t12-,15+/m1/s1. The van der Waals surface area contributed by atoms with E-state index in [2.05, 4.69) is 21.0 Å². The topological polar surface area (TPSA) is 52.9 Å². The minimum absolute atomic E-state index is 0.0432. The Balaban J connectivity index is 2.03. The van der Waals surface area contributed by atoms with Crippen molar-refractivity contribution in [3.05, 3.63) is 34.3 Å². The van der Waals surface area contributed by atoms with Gasteiger partial charge in [-0.15, -0.1) is 0 Å². The highest BCUT2D eigenvalue weighted by Crippen LogP contribution is 2.48. The van der Waals surface area contributed by atoms with Crippen LogP contribution in [0.4, 0.5) is 13.2 Å². The zero-order chi connectivity index (χ0) is 17.5. The van der Waals surface area contributed by atoms with Crippen molar-refractivity contribution in [2.24, 2.45) is 11.0 Å². The average Bonchev–Trinajstić information content (AvgIpc) is 2.68. The van der Waals surface area contributed by atoms with Crippen molar-refractivity contribution in [3.63, 3.8) is 0 Å². The molecule has 1 fully saturated rings. The fraction of sp³-hybridized carbons (Fsp3) is 0.500. The lowest BCUT2D eigenvalue weighted by Gasteiger charge is -2.37. The average molecular weight is 405 g/mol. The van der Waals surface area contributed by atoms with Gasteiger partial charge in [0.1, 0.15) is 0 Å². The van der Waals surface area contributed by atoms with E-state index in [1.165, 1.54) is 12.1 Å². The molecule has 1 amide bonds. The van der Waals surface area contributed by atoms with Crippen molar-refractivity contribution >= 4 is 27.5 Å². The molecule has 2 atom stereocenters. The van der Waals surface area contributed by atoms with Gasteiger partial charge >= 0.3 is 6.18 Å². The lowest BCUT2D eigenvalue weighted by Crippen LogP contribution is -2.61. The number of fused-ring (bicyclic) bond motifs is 1. The molecule has 8 heteroatoms. The molecule has 130 valence electrons. The second-order valence-electron chi connectivity index (χ2n) is 6.09. The number of amides is 1. The smallest absolute Gasteiger partial charge is 0.362 e. The summed E-state index contributed by atoms with van der Waals surface area (Å²) in [5.74, 6) is -2.15. The third kappa shape index (κ3) is 2.75. The van der Waals surface area contributed by atoms with E-state index < -0.39 is 23.7 Å². The molecule has 0 saturated heterocycles. The van der Waals surface area contributed by atoms with Gasteiger partial charge in [0.05, 0.1) is 5.92 Å². The molecule has 1 aliphatic heterocycles. The van der Waals surface area contributed by atoms with E-state index in [9.17, 15) is 23.1 Å². The van der Waals surface area contributed by atoms with Gasteiger partial charge in [-0.25, -0.2) is 0 Å². The minimum Gasteiger partial charge on any atom is -0.362 e. The monoisotopic (exact) mass is 404 g/mol. The zero-order valence-corrected chi connectivity index (χ0v) is 14.3. The molecular weight excluding hydrogens is 389 g/mol. The van der Waals surface area contributed by atoms with Crippen molar-refractivity contribution in [1.82, 2.24) is 5.01 Å². The molecular formula is C16H16BrF3N2O2. The number of hydrogen-bond acceptors (Lipinski definition) is 3. The maximum atomic E-state index is 13.7. The molecule has 1 N–H and O–H groups in total. The molecule has 0 bridgehead atoms. The largest absolute Gasteiger partial charge is 0.439 e. The van der Waals surface area contributed by atoms with Crippen LogP contribution in [0.25, 0.3) is 0 Å². The van der Waals surface area contributed by atoms with Crippen molar-refractivity contribution in [1.29, 1.82) is 0 Å². The summed E-state index contributed by atoms with van der Waals surface area (Å²) in [5.41, 5.74) is -2.98. The van der Waals surface area contributed by atoms with Crippen LogP contribution in [0, 0.1) is 5.92 Å². The molecule has 0 unspecified atom stereocenters. The number of alkyl halides is 3. The molecule has 4 nitrogen and oxygen atoms in total. The van der Waals surface area contributed by atoms with E-state index in [0.29, 0.717) is 23.7 Å². The van der Waals surface area contributed by atoms with Crippen LogP contribution >= 0.6 is 15.9 Å². The van der Waals surface area contributed by atoms with Crippen LogP contribution in [-0.4, -0.2) is 33.6 Å². The number of hydrazone groups is 1. The molecule has 1 saturated carbocycles. The number of hydrogen-bond donors (Lipinski definition) is 1. The third-order valence-corrected chi connectivity index (χ3v) is 5.09. The van der Waals surface area contributed by atoms with E-state index in [1.807, 2.05) is 0 Å². The first-order valence-corrected chi connectivity index (χ1v) is 8.51. The number of nitrogens with zero attached hydrogens (tertiary/aromatic N) is 2. The summed E-state index contributed by atoms with van der Waals surface area (Å²) in [4.78, 5) is 12.6. The molecule has 0 aromatic heterocycles. The van der Waals surface area contributed by atoms with Gasteiger partial charge < -0.3 is 5.11 Å². The fourth-order valence-electron chi connectivity index (χ4n) is 3.31. The summed E-state index contributed by atoms with van der Waals surface area (Å²) in [6, 6.07) is 5.91. The Kier molecular flexibility index (Phi) is 4.46. The highest BCUT2D eigenvalue weighted by Gasteiger charge is 2.68. The van der Waals surface area contributed by atoms with Crippen LogP contribution in [0.1, 0.15) is 42.5 Å². The number of rotatable bonds is 1. The van der Waals surface area contributed by atoms with Crippen molar-refractivity contribution in [3.8, 4) is 0 Å². The number of carbonyl (C=O) groups is 1. The first-order valence-electron chi connectivity index (χ1n) is 7.71. The second-order valence-corrected chi connectivity index (χ2v) is 7.01. The lowest BCUT2D eigenvalue weighted by atomic mass is 9.87. The Labute approximate surface area is 145 Å². The van der Waals surface area contributed by atoms with Crippen molar-refractivity contribution < 1.29 is 23.1 Å². The normalized spacial score (nSPS) is 27.5. The first-order chi connectivity index (χ1) is 11.2. The number of benzene rings is 1. The third-order valence-electron chi connectivity index (χ3n) is 4.57. The molecule has 1 aliphatic carbocycles. The van der Waals surface area contributed by atoms with E-state index in [4.69, 9.17) is 0 Å². The summed E-state index contributed by atoms with van der Waals surface area (Å²) >= 11 is 3.21. The summed E-state index contributed by atoms with van der Waals surface area (Å²) in [5, 5.41) is 14.7. The number of halogens is 4. The van der Waals surface area contributed by atoms with Crippen LogP contribution in [0.3, 0.4) is 0 Å². The van der Waals surface area contributed by atoms with Crippen molar-refractivity contribution in [2.75, 3.05) is 0 Å². The van der Waals surface area contributed by atoms with Crippen LogP contribution in [0.2, 0.25) is 0 Å². The minimum atomic E-state index is -4.99. The Hall–Kier alpha value is -1.41. The van der Waals surface area contributed by atoms with E-state index in [-0.39, 0.29) is 22.7 Å². The van der Waals surface area contributed by atoms with E-state index in [0.717, 1.165) is 6.42 Å². The summed E-state index contributed by atoms with van der Waals surface area (Å²) in [6.07, 6.45) is -2.37. The summed E-state index contributed by atoms with van der Waals surface area (Å²) in [7, 11) is 0. The van der Waals surface area contributed by atoms with Gasteiger partial charge in [-0.2, -0.15) is 23.3 Å². The fourth-order valence-corrected chi connectivity index (χ4v) is 3.57. The highest BCUT2D eigenvalue weighted by molar-refractivity contribution is 9.10. The maximum absolute atomic E-state index is 13.7. The molecule has 3 rings (SSSR count). The number of aliphatic hydroxyl groups is 1.